The first-order valence-corrected chi connectivity index (χ1v) is 7.24. The molecule has 1 N–H and O–H groups in total. The predicted octanol–water partition coefficient (Wildman–Crippen LogP) is 3.26. The number of benzene rings is 1. The highest BCUT2D eigenvalue weighted by Crippen LogP contribution is 2.27. The zero-order valence-corrected chi connectivity index (χ0v) is 12.3. The molecule has 0 aliphatic rings. The van der Waals surface area contributed by atoms with Crippen molar-refractivity contribution in [1.29, 1.82) is 0 Å². The number of rotatable bonds is 5. The Bertz CT molecular complexity index is 530. The maximum atomic E-state index is 13.1. The van der Waals surface area contributed by atoms with Crippen LogP contribution in [0.5, 0.6) is 0 Å². The first kappa shape index (κ1) is 13.6. The van der Waals surface area contributed by atoms with Gasteiger partial charge in [0.2, 0.25) is 0 Å². The highest BCUT2D eigenvalue weighted by atomic mass is 79.9. The molecule has 1 aromatic carbocycles. The SMILES string of the molecule is CNCCCc1nnc(-c2ccc(F)c(Br)c2)s1. The highest BCUT2D eigenvalue weighted by molar-refractivity contribution is 9.10. The van der Waals surface area contributed by atoms with Gasteiger partial charge in [-0.1, -0.05) is 11.3 Å². The largest absolute Gasteiger partial charge is 0.320 e. The van der Waals surface area contributed by atoms with Crippen molar-refractivity contribution in [2.45, 2.75) is 12.8 Å². The smallest absolute Gasteiger partial charge is 0.147 e. The summed E-state index contributed by atoms with van der Waals surface area (Å²) >= 11 is 4.73. The lowest BCUT2D eigenvalue weighted by molar-refractivity contribution is 0.621. The summed E-state index contributed by atoms with van der Waals surface area (Å²) in [6, 6.07) is 4.88. The lowest BCUT2D eigenvalue weighted by Gasteiger charge is -1.97. The summed E-state index contributed by atoms with van der Waals surface area (Å²) in [5.74, 6) is -0.266. The van der Waals surface area contributed by atoms with Gasteiger partial charge in [-0.2, -0.15) is 0 Å². The second-order valence-corrected chi connectivity index (χ2v) is 5.75. The van der Waals surface area contributed by atoms with Gasteiger partial charge in [0.1, 0.15) is 15.8 Å². The van der Waals surface area contributed by atoms with E-state index in [0.717, 1.165) is 35.0 Å². The summed E-state index contributed by atoms with van der Waals surface area (Å²) in [4.78, 5) is 0. The fraction of sp³-hybridized carbons (Fsp3) is 0.333. The van der Waals surface area contributed by atoms with Crippen molar-refractivity contribution in [3.63, 3.8) is 0 Å². The Morgan fingerprint density at radius 3 is 2.94 bits per heavy atom. The molecule has 0 saturated carbocycles. The fourth-order valence-corrected chi connectivity index (χ4v) is 2.77. The van der Waals surface area contributed by atoms with E-state index in [2.05, 4.69) is 31.4 Å². The molecule has 0 amide bonds. The number of aromatic nitrogens is 2. The minimum absolute atomic E-state index is 0.266. The number of hydrogen-bond acceptors (Lipinski definition) is 4. The van der Waals surface area contributed by atoms with Crippen LogP contribution in [0, 0.1) is 5.82 Å². The molecule has 0 atom stereocenters. The molecule has 0 unspecified atom stereocenters. The van der Waals surface area contributed by atoms with Crippen molar-refractivity contribution in [3.05, 3.63) is 33.5 Å². The van der Waals surface area contributed by atoms with E-state index in [4.69, 9.17) is 0 Å². The van der Waals surface area contributed by atoms with Crippen molar-refractivity contribution < 1.29 is 4.39 Å². The molecule has 1 aromatic heterocycles. The van der Waals surface area contributed by atoms with Crippen molar-refractivity contribution >= 4 is 27.3 Å². The van der Waals surface area contributed by atoms with E-state index in [9.17, 15) is 4.39 Å². The van der Waals surface area contributed by atoms with Gasteiger partial charge in [0.15, 0.2) is 0 Å². The molecule has 3 nitrogen and oxygen atoms in total. The van der Waals surface area contributed by atoms with Gasteiger partial charge < -0.3 is 5.32 Å². The average Bonchev–Trinajstić information content (AvgIpc) is 2.82. The van der Waals surface area contributed by atoms with Crippen LogP contribution in [0.15, 0.2) is 22.7 Å². The molecule has 0 radical (unpaired) electrons. The van der Waals surface area contributed by atoms with Crippen LogP contribution in [0.3, 0.4) is 0 Å². The maximum Gasteiger partial charge on any atom is 0.147 e. The monoisotopic (exact) mass is 329 g/mol. The zero-order chi connectivity index (χ0) is 13.0. The normalized spacial score (nSPS) is 10.8. The van der Waals surface area contributed by atoms with Crippen LogP contribution in [-0.2, 0) is 6.42 Å². The highest BCUT2D eigenvalue weighted by Gasteiger charge is 2.08. The van der Waals surface area contributed by atoms with E-state index in [1.54, 1.807) is 23.5 Å². The quantitative estimate of drug-likeness (QED) is 0.855. The molecule has 0 saturated heterocycles. The fourth-order valence-electron chi connectivity index (χ4n) is 1.52. The number of aryl methyl sites for hydroxylation is 1. The van der Waals surface area contributed by atoms with E-state index in [0.29, 0.717) is 4.47 Å². The molecule has 18 heavy (non-hydrogen) atoms. The number of halogens is 2. The van der Waals surface area contributed by atoms with Gasteiger partial charge in [0.25, 0.3) is 0 Å². The van der Waals surface area contributed by atoms with Gasteiger partial charge in [-0.25, -0.2) is 4.39 Å². The van der Waals surface area contributed by atoms with Crippen LogP contribution < -0.4 is 5.32 Å². The third kappa shape index (κ3) is 3.34. The average molecular weight is 330 g/mol. The summed E-state index contributed by atoms with van der Waals surface area (Å²) in [6.07, 6.45) is 1.96. The molecule has 0 aliphatic heterocycles. The molecule has 0 fully saturated rings. The van der Waals surface area contributed by atoms with Gasteiger partial charge in [-0.3, -0.25) is 0 Å². The van der Waals surface area contributed by atoms with E-state index in [1.165, 1.54) is 6.07 Å². The Morgan fingerprint density at radius 2 is 2.22 bits per heavy atom. The lowest BCUT2D eigenvalue weighted by Crippen LogP contribution is -2.08. The lowest BCUT2D eigenvalue weighted by atomic mass is 10.2. The van der Waals surface area contributed by atoms with Gasteiger partial charge in [-0.15, -0.1) is 10.2 Å². The summed E-state index contributed by atoms with van der Waals surface area (Å²) < 4.78 is 13.6. The summed E-state index contributed by atoms with van der Waals surface area (Å²) in [7, 11) is 1.93. The summed E-state index contributed by atoms with van der Waals surface area (Å²) in [5.41, 5.74) is 0.889. The standard InChI is InChI=1S/C12H13BrFN3S/c1-15-6-2-3-11-16-17-12(18-11)8-4-5-10(14)9(13)7-8/h4-5,7,15H,2-3,6H2,1H3. The Kier molecular flexibility index (Phi) is 4.79. The molecule has 0 spiro atoms. The topological polar surface area (TPSA) is 37.8 Å². The molecular weight excluding hydrogens is 317 g/mol. The number of nitrogens with one attached hydrogen (secondary N) is 1. The van der Waals surface area contributed by atoms with Gasteiger partial charge in [-0.05, 0) is 54.1 Å². The van der Waals surface area contributed by atoms with E-state index >= 15 is 0 Å². The molecule has 6 heteroatoms. The number of nitrogens with zero attached hydrogens (tertiary/aromatic N) is 2. The third-order valence-corrected chi connectivity index (χ3v) is 4.09. The van der Waals surface area contributed by atoms with E-state index in [1.807, 2.05) is 7.05 Å². The van der Waals surface area contributed by atoms with Crippen LogP contribution in [0.25, 0.3) is 10.6 Å². The van der Waals surface area contributed by atoms with Crippen LogP contribution in [0.2, 0.25) is 0 Å². The van der Waals surface area contributed by atoms with Crippen LogP contribution in [0.4, 0.5) is 4.39 Å². The molecule has 2 rings (SSSR count). The molecule has 96 valence electrons. The second kappa shape index (κ2) is 6.36. The Hall–Kier alpha value is -0.850. The van der Waals surface area contributed by atoms with Crippen LogP contribution in [-0.4, -0.2) is 23.8 Å². The predicted molar refractivity (Wildman–Crippen MR) is 75.3 cm³/mol. The molecular formula is C12H13BrFN3S. The Balaban J connectivity index is 2.11. The first-order valence-electron chi connectivity index (χ1n) is 5.63. The second-order valence-electron chi connectivity index (χ2n) is 3.84. The molecule has 0 bridgehead atoms. The Labute approximate surface area is 118 Å². The van der Waals surface area contributed by atoms with Crippen molar-refractivity contribution in [1.82, 2.24) is 15.5 Å². The van der Waals surface area contributed by atoms with Gasteiger partial charge >= 0.3 is 0 Å². The van der Waals surface area contributed by atoms with Crippen LogP contribution in [0.1, 0.15) is 11.4 Å². The third-order valence-electron chi connectivity index (χ3n) is 2.45. The van der Waals surface area contributed by atoms with Crippen molar-refractivity contribution in [3.8, 4) is 10.6 Å². The summed E-state index contributed by atoms with van der Waals surface area (Å²) in [5, 5.41) is 13.2. The summed E-state index contributed by atoms with van der Waals surface area (Å²) in [6.45, 7) is 0.969. The molecule has 0 aliphatic carbocycles. The van der Waals surface area contributed by atoms with E-state index < -0.39 is 0 Å². The van der Waals surface area contributed by atoms with Crippen LogP contribution >= 0.6 is 27.3 Å². The van der Waals surface area contributed by atoms with Gasteiger partial charge in [0.05, 0.1) is 4.47 Å². The minimum atomic E-state index is -0.266. The maximum absolute atomic E-state index is 13.1. The Morgan fingerprint density at radius 1 is 1.39 bits per heavy atom. The molecule has 2 aromatic rings. The van der Waals surface area contributed by atoms with Crippen molar-refractivity contribution in [2.24, 2.45) is 0 Å². The minimum Gasteiger partial charge on any atom is -0.320 e. The molecule has 1 heterocycles. The zero-order valence-electron chi connectivity index (χ0n) is 9.91. The van der Waals surface area contributed by atoms with Gasteiger partial charge in [0, 0.05) is 12.0 Å². The number of hydrogen-bond donors (Lipinski definition) is 1. The van der Waals surface area contributed by atoms with Crippen molar-refractivity contribution in [2.75, 3.05) is 13.6 Å². The first-order chi connectivity index (χ1) is 8.70. The van der Waals surface area contributed by atoms with E-state index in [-0.39, 0.29) is 5.82 Å².